The molecule has 1 aromatic rings. The van der Waals surface area contributed by atoms with Crippen LogP contribution in [0.15, 0.2) is 4.47 Å². The number of rotatable bonds is 5. The molecule has 4 N–H and O–H groups in total. The summed E-state index contributed by atoms with van der Waals surface area (Å²) in [5.41, 5.74) is 9.83. The van der Waals surface area contributed by atoms with Crippen molar-refractivity contribution in [3.05, 3.63) is 26.7 Å². The molecule has 0 aliphatic carbocycles. The summed E-state index contributed by atoms with van der Waals surface area (Å²) in [4.78, 5) is 0. The molecule has 4 nitrogen and oxygen atoms in total. The molecule has 0 radical (unpaired) electrons. The van der Waals surface area contributed by atoms with Crippen LogP contribution in [0.1, 0.15) is 28.3 Å². The molecule has 0 bridgehead atoms. The minimum Gasteiger partial charge on any atom is -0.496 e. The summed E-state index contributed by atoms with van der Waals surface area (Å²) in [5.74, 6) is 0.810. The Bertz CT molecular complexity index is 463. The second kappa shape index (κ2) is 6.70. The van der Waals surface area contributed by atoms with Gasteiger partial charge in [0.2, 0.25) is 0 Å². The molecule has 0 aromatic heterocycles. The average molecular weight is 331 g/mol. The fourth-order valence-corrected chi connectivity index (χ4v) is 2.92. The second-order valence-electron chi connectivity index (χ2n) is 4.71. The molecule has 2 unspecified atom stereocenters. The van der Waals surface area contributed by atoms with Gasteiger partial charge in [-0.05, 0) is 44.5 Å². The van der Waals surface area contributed by atoms with Gasteiger partial charge in [-0.1, -0.05) is 15.9 Å². The first-order valence-electron chi connectivity index (χ1n) is 6.29. The fourth-order valence-electron chi connectivity index (χ4n) is 2.41. The number of benzene rings is 1. The Balaban J connectivity index is 3.56. The first kappa shape index (κ1) is 16.4. The Labute approximate surface area is 123 Å². The Hall–Kier alpha value is -0.620. The van der Waals surface area contributed by atoms with E-state index >= 15 is 0 Å². The summed E-state index contributed by atoms with van der Waals surface area (Å²) >= 11 is 3.62. The van der Waals surface area contributed by atoms with E-state index in [1.807, 2.05) is 27.8 Å². The SMILES string of the molecule is CNC(c1c(C)c(Br)c(C)c(C)c1OC)C(O)CN. The van der Waals surface area contributed by atoms with Crippen molar-refractivity contribution < 1.29 is 9.84 Å². The molecular weight excluding hydrogens is 308 g/mol. The van der Waals surface area contributed by atoms with Gasteiger partial charge in [-0.2, -0.15) is 0 Å². The van der Waals surface area contributed by atoms with Crippen molar-refractivity contribution in [2.75, 3.05) is 20.7 Å². The van der Waals surface area contributed by atoms with Gasteiger partial charge in [0.25, 0.3) is 0 Å². The van der Waals surface area contributed by atoms with Gasteiger partial charge in [0.15, 0.2) is 0 Å². The highest BCUT2D eigenvalue weighted by Crippen LogP contribution is 2.40. The molecule has 0 fully saturated rings. The van der Waals surface area contributed by atoms with Crippen molar-refractivity contribution >= 4 is 15.9 Å². The zero-order valence-corrected chi connectivity index (χ0v) is 13.8. The van der Waals surface area contributed by atoms with E-state index < -0.39 is 6.10 Å². The largest absolute Gasteiger partial charge is 0.496 e. The molecule has 0 saturated heterocycles. The maximum Gasteiger partial charge on any atom is 0.127 e. The van der Waals surface area contributed by atoms with E-state index in [1.165, 1.54) is 0 Å². The van der Waals surface area contributed by atoms with E-state index in [0.717, 1.165) is 32.5 Å². The molecule has 0 heterocycles. The van der Waals surface area contributed by atoms with Gasteiger partial charge in [0.1, 0.15) is 5.75 Å². The number of likely N-dealkylation sites (N-methyl/N-ethyl adjacent to an activating group) is 1. The van der Waals surface area contributed by atoms with E-state index in [4.69, 9.17) is 10.5 Å². The van der Waals surface area contributed by atoms with Crippen molar-refractivity contribution in [1.29, 1.82) is 0 Å². The van der Waals surface area contributed by atoms with Crippen LogP contribution in [-0.2, 0) is 0 Å². The molecule has 108 valence electrons. The third-order valence-electron chi connectivity index (χ3n) is 3.66. The Kier molecular flexibility index (Phi) is 5.80. The smallest absolute Gasteiger partial charge is 0.127 e. The first-order valence-corrected chi connectivity index (χ1v) is 7.08. The van der Waals surface area contributed by atoms with Gasteiger partial charge in [0, 0.05) is 16.6 Å². The standard InChI is InChI=1S/C14H23BrN2O2/c1-7-8(2)14(19-5)11(9(3)12(7)15)13(17-4)10(18)6-16/h10,13,17-18H,6,16H2,1-5H3. The van der Waals surface area contributed by atoms with E-state index in [2.05, 4.69) is 21.2 Å². The fraction of sp³-hybridized carbons (Fsp3) is 0.571. The predicted octanol–water partition coefficient (Wildman–Crippen LogP) is 1.96. The van der Waals surface area contributed by atoms with Gasteiger partial charge < -0.3 is 20.9 Å². The van der Waals surface area contributed by atoms with Gasteiger partial charge in [-0.15, -0.1) is 0 Å². The van der Waals surface area contributed by atoms with Crippen LogP contribution >= 0.6 is 15.9 Å². The Morgan fingerprint density at radius 2 is 1.84 bits per heavy atom. The molecule has 0 amide bonds. The lowest BCUT2D eigenvalue weighted by atomic mass is 9.91. The van der Waals surface area contributed by atoms with Crippen LogP contribution in [-0.4, -0.2) is 31.9 Å². The van der Waals surface area contributed by atoms with E-state index in [1.54, 1.807) is 7.11 Å². The van der Waals surface area contributed by atoms with Crippen LogP contribution in [0.3, 0.4) is 0 Å². The van der Waals surface area contributed by atoms with Gasteiger partial charge >= 0.3 is 0 Å². The molecule has 2 atom stereocenters. The second-order valence-corrected chi connectivity index (χ2v) is 5.50. The number of hydrogen-bond donors (Lipinski definition) is 3. The number of halogens is 1. The third kappa shape index (κ3) is 2.94. The third-order valence-corrected chi connectivity index (χ3v) is 4.85. The maximum absolute atomic E-state index is 10.1. The van der Waals surface area contributed by atoms with Crippen molar-refractivity contribution in [1.82, 2.24) is 5.32 Å². The lowest BCUT2D eigenvalue weighted by Gasteiger charge is -2.28. The van der Waals surface area contributed by atoms with Crippen LogP contribution in [0, 0.1) is 20.8 Å². The minimum absolute atomic E-state index is 0.193. The summed E-state index contributed by atoms with van der Waals surface area (Å²) in [6.45, 7) is 6.27. The van der Waals surface area contributed by atoms with Crippen molar-refractivity contribution in [3.8, 4) is 5.75 Å². The van der Waals surface area contributed by atoms with Crippen LogP contribution < -0.4 is 15.8 Å². The number of hydrogen-bond acceptors (Lipinski definition) is 4. The molecule has 1 aromatic carbocycles. The first-order chi connectivity index (χ1) is 8.90. The van der Waals surface area contributed by atoms with Gasteiger partial charge in [-0.25, -0.2) is 0 Å². The Morgan fingerprint density at radius 3 is 2.26 bits per heavy atom. The van der Waals surface area contributed by atoms with Crippen molar-refractivity contribution in [2.45, 2.75) is 32.9 Å². The molecule has 1 rings (SSSR count). The van der Waals surface area contributed by atoms with Gasteiger partial charge in [0.05, 0.1) is 19.3 Å². The predicted molar refractivity (Wildman–Crippen MR) is 81.8 cm³/mol. The van der Waals surface area contributed by atoms with Crippen LogP contribution in [0.2, 0.25) is 0 Å². The van der Waals surface area contributed by atoms with Gasteiger partial charge in [-0.3, -0.25) is 0 Å². The average Bonchev–Trinajstić information content (AvgIpc) is 2.42. The molecule has 0 aliphatic heterocycles. The summed E-state index contributed by atoms with van der Waals surface area (Å²) in [7, 11) is 3.46. The molecule has 19 heavy (non-hydrogen) atoms. The lowest BCUT2D eigenvalue weighted by molar-refractivity contribution is 0.137. The van der Waals surface area contributed by atoms with E-state index in [-0.39, 0.29) is 12.6 Å². The lowest BCUT2D eigenvalue weighted by Crippen LogP contribution is -2.36. The summed E-state index contributed by atoms with van der Waals surface area (Å²) < 4.78 is 6.60. The maximum atomic E-state index is 10.1. The quantitative estimate of drug-likeness (QED) is 0.772. The Morgan fingerprint density at radius 1 is 1.26 bits per heavy atom. The highest BCUT2D eigenvalue weighted by molar-refractivity contribution is 9.10. The molecule has 5 heteroatoms. The number of ether oxygens (including phenoxy) is 1. The summed E-state index contributed by atoms with van der Waals surface area (Å²) in [6.07, 6.45) is -0.661. The number of nitrogens with two attached hydrogens (primary N) is 1. The monoisotopic (exact) mass is 330 g/mol. The number of methoxy groups -OCH3 is 1. The molecular formula is C14H23BrN2O2. The van der Waals surface area contributed by atoms with Crippen molar-refractivity contribution in [3.63, 3.8) is 0 Å². The number of aliphatic hydroxyl groups is 1. The highest BCUT2D eigenvalue weighted by Gasteiger charge is 2.27. The summed E-state index contributed by atoms with van der Waals surface area (Å²) in [5, 5.41) is 13.2. The van der Waals surface area contributed by atoms with E-state index in [0.29, 0.717) is 0 Å². The molecule has 0 saturated carbocycles. The van der Waals surface area contributed by atoms with Crippen LogP contribution in [0.4, 0.5) is 0 Å². The zero-order chi connectivity index (χ0) is 14.7. The van der Waals surface area contributed by atoms with Crippen LogP contribution in [0.5, 0.6) is 5.75 Å². The van der Waals surface area contributed by atoms with Crippen molar-refractivity contribution in [2.24, 2.45) is 5.73 Å². The topological polar surface area (TPSA) is 67.5 Å². The highest BCUT2D eigenvalue weighted by atomic mass is 79.9. The van der Waals surface area contributed by atoms with E-state index in [9.17, 15) is 5.11 Å². The minimum atomic E-state index is -0.661. The molecule has 0 spiro atoms. The summed E-state index contributed by atoms with van der Waals surface area (Å²) in [6, 6.07) is -0.254. The number of aliphatic hydroxyl groups excluding tert-OH is 1. The van der Waals surface area contributed by atoms with Crippen LogP contribution in [0.25, 0.3) is 0 Å². The zero-order valence-electron chi connectivity index (χ0n) is 12.2. The number of nitrogens with one attached hydrogen (secondary N) is 1. The molecule has 0 aliphatic rings. The normalized spacial score (nSPS) is 14.3.